The molecule has 2 heterocycles. The topological polar surface area (TPSA) is 71.8 Å². The molecule has 0 saturated heterocycles. The van der Waals surface area contributed by atoms with Crippen molar-refractivity contribution in [3.8, 4) is 0 Å². The Hall–Kier alpha value is -1.73. The molecule has 0 amide bonds. The Kier molecular flexibility index (Phi) is 3.54. The normalized spacial score (nSPS) is 11.0. The van der Waals surface area contributed by atoms with Crippen LogP contribution in [-0.4, -0.2) is 15.8 Å². The number of anilines is 1. The maximum absolute atomic E-state index is 13.4. The summed E-state index contributed by atoms with van der Waals surface area (Å²) in [5.74, 6) is -0.832. The highest BCUT2D eigenvalue weighted by Gasteiger charge is 2.19. The number of pyridine rings is 1. The fourth-order valence-corrected chi connectivity index (χ4v) is 2.88. The zero-order valence-corrected chi connectivity index (χ0v) is 13.6. The number of benzene rings is 1. The van der Waals surface area contributed by atoms with Crippen LogP contribution < -0.4 is 5.73 Å². The van der Waals surface area contributed by atoms with Crippen molar-refractivity contribution in [2.45, 2.75) is 0 Å². The molecule has 0 unspecified atom stereocenters. The largest absolute Gasteiger partial charge is 0.396 e. The maximum atomic E-state index is 13.4. The molecule has 2 aromatic heterocycles. The van der Waals surface area contributed by atoms with Gasteiger partial charge in [0.25, 0.3) is 0 Å². The summed E-state index contributed by atoms with van der Waals surface area (Å²) >= 11 is 6.52. The van der Waals surface area contributed by atoms with Gasteiger partial charge in [0.2, 0.25) is 0 Å². The fraction of sp³-hybridized carbons (Fsp3) is 0. The Morgan fingerprint density at radius 1 is 1.24 bits per heavy atom. The van der Waals surface area contributed by atoms with E-state index in [-0.39, 0.29) is 11.5 Å². The van der Waals surface area contributed by atoms with Gasteiger partial charge in [-0.3, -0.25) is 4.79 Å². The third-order valence-electron chi connectivity index (χ3n) is 3.07. The van der Waals surface area contributed by atoms with Gasteiger partial charge >= 0.3 is 0 Å². The van der Waals surface area contributed by atoms with Crippen LogP contribution in [0.1, 0.15) is 15.9 Å². The highest BCUT2D eigenvalue weighted by atomic mass is 79.9. The number of H-pyrrole nitrogens is 1. The number of aromatic nitrogens is 2. The fourth-order valence-electron chi connectivity index (χ4n) is 2.05. The summed E-state index contributed by atoms with van der Waals surface area (Å²) < 4.78 is 14.5. The van der Waals surface area contributed by atoms with E-state index >= 15 is 0 Å². The second-order valence-electron chi connectivity index (χ2n) is 4.43. The van der Waals surface area contributed by atoms with E-state index in [1.807, 2.05) is 0 Å². The van der Waals surface area contributed by atoms with Gasteiger partial charge in [-0.05, 0) is 50.1 Å². The van der Waals surface area contributed by atoms with Gasteiger partial charge in [-0.1, -0.05) is 0 Å². The van der Waals surface area contributed by atoms with E-state index in [2.05, 4.69) is 41.8 Å². The lowest BCUT2D eigenvalue weighted by Gasteiger charge is -2.05. The lowest BCUT2D eigenvalue weighted by Crippen LogP contribution is -2.04. The summed E-state index contributed by atoms with van der Waals surface area (Å²) in [5, 5.41) is 0.684. The average Bonchev–Trinajstić information content (AvgIpc) is 2.85. The van der Waals surface area contributed by atoms with Gasteiger partial charge in [-0.25, -0.2) is 9.37 Å². The third-order valence-corrected chi connectivity index (χ3v) is 4.16. The molecule has 106 valence electrons. The predicted octanol–water partition coefficient (Wildman–Crippen LogP) is 4.04. The first-order valence-electron chi connectivity index (χ1n) is 5.89. The third kappa shape index (κ3) is 2.47. The Bertz CT molecular complexity index is 876. The molecule has 0 saturated carbocycles. The Morgan fingerprint density at radius 2 is 2.00 bits per heavy atom. The van der Waals surface area contributed by atoms with E-state index in [0.29, 0.717) is 26.6 Å². The van der Waals surface area contributed by atoms with Crippen molar-refractivity contribution in [2.75, 3.05) is 5.73 Å². The van der Waals surface area contributed by atoms with Crippen LogP contribution in [0.4, 0.5) is 10.1 Å². The molecule has 0 fully saturated rings. The number of hydrogen-bond donors (Lipinski definition) is 2. The molecular weight excluding hydrogens is 405 g/mol. The smallest absolute Gasteiger partial charge is 0.196 e. The van der Waals surface area contributed by atoms with Gasteiger partial charge in [0.1, 0.15) is 11.5 Å². The predicted molar refractivity (Wildman–Crippen MR) is 85.7 cm³/mol. The maximum Gasteiger partial charge on any atom is 0.196 e. The number of nitrogens with zero attached hydrogens (tertiary/aromatic N) is 1. The van der Waals surface area contributed by atoms with Crippen molar-refractivity contribution >= 4 is 54.4 Å². The van der Waals surface area contributed by atoms with Crippen LogP contribution in [0.15, 0.2) is 39.5 Å². The van der Waals surface area contributed by atoms with Crippen molar-refractivity contribution < 1.29 is 9.18 Å². The van der Waals surface area contributed by atoms with Crippen LogP contribution in [0, 0.1) is 5.82 Å². The second-order valence-corrected chi connectivity index (χ2v) is 6.20. The molecule has 0 aliphatic carbocycles. The molecule has 4 nitrogen and oxygen atoms in total. The zero-order valence-electron chi connectivity index (χ0n) is 10.5. The molecule has 0 aliphatic rings. The number of carbonyl (C=O) groups excluding carboxylic acids is 1. The van der Waals surface area contributed by atoms with Gasteiger partial charge in [0, 0.05) is 37.9 Å². The molecule has 0 spiro atoms. The number of nitrogens with two attached hydrogens (primary N) is 1. The molecule has 0 bridgehead atoms. The van der Waals surface area contributed by atoms with Crippen LogP contribution in [0.3, 0.4) is 0 Å². The van der Waals surface area contributed by atoms with Crippen molar-refractivity contribution in [1.82, 2.24) is 9.97 Å². The summed E-state index contributed by atoms with van der Waals surface area (Å²) in [6, 6.07) is 4.31. The van der Waals surface area contributed by atoms with Crippen LogP contribution in [0.5, 0.6) is 0 Å². The highest BCUT2D eigenvalue weighted by molar-refractivity contribution is 9.10. The highest BCUT2D eigenvalue weighted by Crippen LogP contribution is 2.28. The molecular formula is C14H8Br2FN3O. The van der Waals surface area contributed by atoms with Crippen molar-refractivity contribution in [3.05, 3.63) is 56.5 Å². The van der Waals surface area contributed by atoms with Crippen LogP contribution in [0.2, 0.25) is 0 Å². The molecule has 0 radical (unpaired) electrons. The summed E-state index contributed by atoms with van der Waals surface area (Å²) in [6.45, 7) is 0. The second kappa shape index (κ2) is 5.23. The summed E-state index contributed by atoms with van der Waals surface area (Å²) in [6.07, 6.45) is 3.22. The van der Waals surface area contributed by atoms with E-state index in [1.165, 1.54) is 12.1 Å². The van der Waals surface area contributed by atoms with Gasteiger partial charge in [-0.15, -0.1) is 0 Å². The van der Waals surface area contributed by atoms with Crippen molar-refractivity contribution in [2.24, 2.45) is 0 Å². The minimum absolute atomic E-state index is 0.0688. The zero-order chi connectivity index (χ0) is 15.1. The molecule has 1 aromatic carbocycles. The first kappa shape index (κ1) is 14.2. The number of fused-ring (bicyclic) bond motifs is 1. The van der Waals surface area contributed by atoms with Gasteiger partial charge in [-0.2, -0.15) is 0 Å². The number of halogens is 3. The molecule has 3 N–H and O–H groups in total. The standard InChI is InChI=1S/C14H8Br2FN3O/c15-6-1-7-9(5-20-14(7)19-4-6)13(21)8-2-12(18)11(17)3-10(8)16/h1-5H,18H2,(H,19,20). The average molecular weight is 413 g/mol. The first-order chi connectivity index (χ1) is 9.97. The van der Waals surface area contributed by atoms with E-state index in [0.717, 1.165) is 4.47 Å². The van der Waals surface area contributed by atoms with E-state index in [4.69, 9.17) is 5.73 Å². The number of rotatable bonds is 2. The Labute approximate surface area is 135 Å². The number of nitrogens with one attached hydrogen (secondary N) is 1. The number of nitrogen functional groups attached to an aromatic ring is 1. The number of hydrogen-bond acceptors (Lipinski definition) is 3. The molecule has 7 heteroatoms. The van der Waals surface area contributed by atoms with Gasteiger partial charge in [0.15, 0.2) is 5.78 Å². The minimum atomic E-state index is -0.568. The van der Waals surface area contributed by atoms with Crippen molar-refractivity contribution in [3.63, 3.8) is 0 Å². The monoisotopic (exact) mass is 411 g/mol. The summed E-state index contributed by atoms with van der Waals surface area (Å²) in [4.78, 5) is 19.8. The summed E-state index contributed by atoms with van der Waals surface area (Å²) in [7, 11) is 0. The summed E-state index contributed by atoms with van der Waals surface area (Å²) in [5.41, 5.74) is 6.83. The van der Waals surface area contributed by atoms with Crippen LogP contribution in [-0.2, 0) is 0 Å². The molecule has 0 aliphatic heterocycles. The molecule has 21 heavy (non-hydrogen) atoms. The van der Waals surface area contributed by atoms with Crippen LogP contribution >= 0.6 is 31.9 Å². The molecule has 3 rings (SSSR count). The number of carbonyl (C=O) groups is 1. The lowest BCUT2D eigenvalue weighted by molar-refractivity contribution is 0.103. The van der Waals surface area contributed by atoms with Gasteiger partial charge < -0.3 is 10.7 Å². The van der Waals surface area contributed by atoms with E-state index < -0.39 is 5.82 Å². The quantitative estimate of drug-likeness (QED) is 0.492. The number of aromatic amines is 1. The molecule has 3 aromatic rings. The SMILES string of the molecule is Nc1cc(C(=O)c2c[nH]c3ncc(Br)cc23)c(Br)cc1F. The van der Waals surface area contributed by atoms with E-state index in [9.17, 15) is 9.18 Å². The van der Waals surface area contributed by atoms with Crippen molar-refractivity contribution in [1.29, 1.82) is 0 Å². The Morgan fingerprint density at radius 3 is 2.76 bits per heavy atom. The van der Waals surface area contributed by atoms with Gasteiger partial charge in [0.05, 0.1) is 5.69 Å². The minimum Gasteiger partial charge on any atom is -0.396 e. The molecule has 0 atom stereocenters. The number of ketones is 1. The van der Waals surface area contributed by atoms with Crippen LogP contribution in [0.25, 0.3) is 11.0 Å². The lowest BCUT2D eigenvalue weighted by atomic mass is 10.0. The Balaban J connectivity index is 2.17. The first-order valence-corrected chi connectivity index (χ1v) is 7.48. The van der Waals surface area contributed by atoms with E-state index in [1.54, 1.807) is 18.5 Å².